The Kier molecular flexibility index (Phi) is 4.67. The predicted molar refractivity (Wildman–Crippen MR) is 91.7 cm³/mol. The summed E-state index contributed by atoms with van der Waals surface area (Å²) in [5.41, 5.74) is 2.52. The molecule has 0 saturated carbocycles. The number of aliphatic hydroxyl groups excluding tert-OH is 1. The average molecular weight is 305 g/mol. The van der Waals surface area contributed by atoms with Gasteiger partial charge in [0.2, 0.25) is 0 Å². The van der Waals surface area contributed by atoms with Crippen LogP contribution in [0.4, 0.5) is 0 Å². The van der Waals surface area contributed by atoms with Crippen molar-refractivity contribution in [2.24, 2.45) is 4.99 Å². The Balaban J connectivity index is 1.71. The summed E-state index contributed by atoms with van der Waals surface area (Å²) in [6.45, 7) is 0.507. The Bertz CT molecular complexity index is 733. The highest BCUT2D eigenvalue weighted by Crippen LogP contribution is 2.32. The number of aliphatic imine (C=N–C) groups is 1. The van der Waals surface area contributed by atoms with Gasteiger partial charge in [-0.1, -0.05) is 60.7 Å². The van der Waals surface area contributed by atoms with E-state index in [0.29, 0.717) is 25.0 Å². The van der Waals surface area contributed by atoms with E-state index in [2.05, 4.69) is 4.99 Å². The van der Waals surface area contributed by atoms with Gasteiger partial charge in [-0.2, -0.15) is 0 Å². The van der Waals surface area contributed by atoms with Crippen LogP contribution in [-0.2, 0) is 11.3 Å². The van der Waals surface area contributed by atoms with E-state index in [0.717, 1.165) is 11.1 Å². The number of hydrogen-bond donors (Lipinski definition) is 1. The number of carbonyl (C=O) groups excluding carboxylic acids is 1. The molecule has 0 heterocycles. The molecule has 1 unspecified atom stereocenters. The zero-order valence-corrected chi connectivity index (χ0v) is 12.9. The number of rotatable bonds is 4. The number of ketones is 1. The van der Waals surface area contributed by atoms with Gasteiger partial charge in [0.15, 0.2) is 5.78 Å². The molecule has 1 N–H and O–H groups in total. The van der Waals surface area contributed by atoms with Crippen LogP contribution in [0.1, 0.15) is 29.9 Å². The van der Waals surface area contributed by atoms with E-state index in [1.165, 1.54) is 6.21 Å². The summed E-state index contributed by atoms with van der Waals surface area (Å²) >= 11 is 0. The fourth-order valence-electron chi connectivity index (χ4n) is 2.84. The summed E-state index contributed by atoms with van der Waals surface area (Å²) < 4.78 is 0. The van der Waals surface area contributed by atoms with E-state index >= 15 is 0 Å². The smallest absolute Gasteiger partial charge is 0.168 e. The van der Waals surface area contributed by atoms with Crippen molar-refractivity contribution < 1.29 is 9.90 Å². The molecule has 23 heavy (non-hydrogen) atoms. The van der Waals surface area contributed by atoms with E-state index in [4.69, 9.17) is 0 Å². The molecule has 1 atom stereocenters. The molecule has 0 bridgehead atoms. The lowest BCUT2D eigenvalue weighted by atomic mass is 9.83. The number of benzene rings is 2. The van der Waals surface area contributed by atoms with Crippen molar-refractivity contribution in [3.8, 4) is 0 Å². The van der Waals surface area contributed by atoms with E-state index < -0.39 is 0 Å². The second-order valence-electron chi connectivity index (χ2n) is 5.75. The van der Waals surface area contributed by atoms with E-state index in [-0.39, 0.29) is 17.5 Å². The van der Waals surface area contributed by atoms with Crippen molar-refractivity contribution in [2.45, 2.75) is 25.3 Å². The monoisotopic (exact) mass is 305 g/mol. The highest BCUT2D eigenvalue weighted by molar-refractivity contribution is 6.14. The Morgan fingerprint density at radius 3 is 2.30 bits per heavy atom. The molecule has 0 fully saturated rings. The number of allylic oxidation sites excluding steroid dienone is 2. The van der Waals surface area contributed by atoms with Gasteiger partial charge in [0.1, 0.15) is 5.76 Å². The second-order valence-corrected chi connectivity index (χ2v) is 5.75. The van der Waals surface area contributed by atoms with Crippen LogP contribution in [0.25, 0.3) is 0 Å². The molecular formula is C20H19NO2. The second kappa shape index (κ2) is 7.05. The number of nitrogens with zero attached hydrogens (tertiary/aromatic N) is 1. The molecule has 0 aromatic heterocycles. The maximum absolute atomic E-state index is 12.3. The van der Waals surface area contributed by atoms with E-state index in [1.807, 2.05) is 60.7 Å². The van der Waals surface area contributed by atoms with Gasteiger partial charge in [0.25, 0.3) is 0 Å². The van der Waals surface area contributed by atoms with Crippen molar-refractivity contribution in [3.63, 3.8) is 0 Å². The number of carbonyl (C=O) groups is 1. The van der Waals surface area contributed by atoms with Crippen molar-refractivity contribution in [1.29, 1.82) is 0 Å². The standard InChI is InChI=1S/C20H19NO2/c22-19-11-17(16-9-5-2-6-10-16)12-20(23)18(19)14-21-13-15-7-3-1-4-8-15/h1-10,14,17,22H,11-13H2. The van der Waals surface area contributed by atoms with Crippen LogP contribution in [0.3, 0.4) is 0 Å². The molecule has 116 valence electrons. The Labute approximate surface area is 136 Å². The minimum Gasteiger partial charge on any atom is -0.511 e. The lowest BCUT2D eigenvalue weighted by molar-refractivity contribution is -0.116. The zero-order chi connectivity index (χ0) is 16.1. The molecule has 0 aliphatic heterocycles. The third-order valence-corrected chi connectivity index (χ3v) is 4.09. The maximum Gasteiger partial charge on any atom is 0.168 e. The normalized spacial score (nSPS) is 18.6. The fraction of sp³-hybridized carbons (Fsp3) is 0.200. The minimum absolute atomic E-state index is 0.0422. The molecular weight excluding hydrogens is 286 g/mol. The maximum atomic E-state index is 12.3. The van der Waals surface area contributed by atoms with Crippen molar-refractivity contribution in [3.05, 3.63) is 83.1 Å². The predicted octanol–water partition coefficient (Wildman–Crippen LogP) is 4.22. The lowest BCUT2D eigenvalue weighted by Gasteiger charge is -2.22. The summed E-state index contributed by atoms with van der Waals surface area (Å²) in [4.78, 5) is 16.6. The van der Waals surface area contributed by atoms with Crippen LogP contribution in [0.5, 0.6) is 0 Å². The van der Waals surface area contributed by atoms with Crippen LogP contribution in [-0.4, -0.2) is 17.1 Å². The van der Waals surface area contributed by atoms with Gasteiger partial charge >= 0.3 is 0 Å². The SMILES string of the molecule is O=C1CC(c2ccccc2)CC(O)=C1C=NCc1ccccc1. The zero-order valence-electron chi connectivity index (χ0n) is 12.9. The molecule has 3 nitrogen and oxygen atoms in total. The first-order valence-corrected chi connectivity index (χ1v) is 7.78. The number of Topliss-reactive ketones (excluding diaryl/α,β-unsaturated/α-hetero) is 1. The molecule has 0 spiro atoms. The summed E-state index contributed by atoms with van der Waals surface area (Å²) in [6, 6.07) is 19.7. The minimum atomic E-state index is -0.0422. The van der Waals surface area contributed by atoms with Crippen LogP contribution in [0.2, 0.25) is 0 Å². The molecule has 0 radical (unpaired) electrons. The molecule has 2 aromatic carbocycles. The summed E-state index contributed by atoms with van der Waals surface area (Å²) in [6.07, 6.45) is 2.43. The Morgan fingerprint density at radius 2 is 1.65 bits per heavy atom. The van der Waals surface area contributed by atoms with Crippen LogP contribution in [0, 0.1) is 0 Å². The molecule has 3 rings (SSSR count). The fourth-order valence-corrected chi connectivity index (χ4v) is 2.84. The number of hydrogen-bond acceptors (Lipinski definition) is 3. The Morgan fingerprint density at radius 1 is 1.00 bits per heavy atom. The highest BCUT2D eigenvalue weighted by atomic mass is 16.3. The molecule has 2 aromatic rings. The van der Waals surface area contributed by atoms with Gasteiger partial charge in [0, 0.05) is 19.1 Å². The summed E-state index contributed by atoms with van der Waals surface area (Å²) in [5, 5.41) is 10.2. The summed E-state index contributed by atoms with van der Waals surface area (Å²) in [5.74, 6) is 0.154. The first-order valence-electron chi connectivity index (χ1n) is 7.78. The molecule has 0 saturated heterocycles. The highest BCUT2D eigenvalue weighted by Gasteiger charge is 2.27. The van der Waals surface area contributed by atoms with Gasteiger partial charge < -0.3 is 5.11 Å². The van der Waals surface area contributed by atoms with Gasteiger partial charge in [-0.3, -0.25) is 9.79 Å². The first kappa shape index (κ1) is 15.2. The number of aliphatic hydroxyl groups is 1. The van der Waals surface area contributed by atoms with Crippen molar-refractivity contribution >= 4 is 12.0 Å². The van der Waals surface area contributed by atoms with Crippen molar-refractivity contribution in [1.82, 2.24) is 0 Å². The van der Waals surface area contributed by atoms with Crippen molar-refractivity contribution in [2.75, 3.05) is 0 Å². The quantitative estimate of drug-likeness (QED) is 0.860. The van der Waals surface area contributed by atoms with E-state index in [9.17, 15) is 9.90 Å². The molecule has 1 aliphatic rings. The molecule has 3 heteroatoms. The Hall–Kier alpha value is -2.68. The van der Waals surface area contributed by atoms with E-state index in [1.54, 1.807) is 0 Å². The molecule has 1 aliphatic carbocycles. The van der Waals surface area contributed by atoms with Crippen LogP contribution in [0.15, 0.2) is 77.0 Å². The lowest BCUT2D eigenvalue weighted by Crippen LogP contribution is -2.19. The van der Waals surface area contributed by atoms with Crippen LogP contribution < -0.4 is 0 Å². The van der Waals surface area contributed by atoms with Gasteiger partial charge in [-0.05, 0) is 17.0 Å². The summed E-state index contributed by atoms with van der Waals surface area (Å²) in [7, 11) is 0. The third-order valence-electron chi connectivity index (χ3n) is 4.09. The van der Waals surface area contributed by atoms with Gasteiger partial charge in [-0.25, -0.2) is 0 Å². The largest absolute Gasteiger partial charge is 0.511 e. The topological polar surface area (TPSA) is 49.7 Å². The molecule has 0 amide bonds. The van der Waals surface area contributed by atoms with Gasteiger partial charge in [0.05, 0.1) is 12.1 Å². The van der Waals surface area contributed by atoms with Crippen LogP contribution >= 0.6 is 0 Å². The third kappa shape index (κ3) is 3.75. The first-order chi connectivity index (χ1) is 11.2. The average Bonchev–Trinajstić information content (AvgIpc) is 2.59. The van der Waals surface area contributed by atoms with Gasteiger partial charge in [-0.15, -0.1) is 0 Å².